The molecule has 1 heterocycles. The van der Waals surface area contributed by atoms with Crippen LogP contribution in [0.25, 0.3) is 11.0 Å². The molecule has 12 heteroatoms. The van der Waals surface area contributed by atoms with Crippen LogP contribution >= 0.6 is 0 Å². The van der Waals surface area contributed by atoms with Gasteiger partial charge in [0.1, 0.15) is 16.7 Å². The molecule has 4 aromatic rings. The summed E-state index contributed by atoms with van der Waals surface area (Å²) in [6.45, 7) is 0.134. The summed E-state index contributed by atoms with van der Waals surface area (Å²) in [5, 5.41) is 21.7. The zero-order valence-corrected chi connectivity index (χ0v) is 21.4. The number of methoxy groups -OCH3 is 2. The molecular formula is C26H25N5O6S. The Morgan fingerprint density at radius 3 is 2.32 bits per heavy atom. The van der Waals surface area contributed by atoms with Crippen molar-refractivity contribution in [1.82, 2.24) is 9.97 Å². The number of benzene rings is 3. The quantitative estimate of drug-likeness (QED) is 0.241. The largest absolute Gasteiger partial charge is 0.497 e. The fourth-order valence-corrected chi connectivity index (χ4v) is 4.76. The van der Waals surface area contributed by atoms with E-state index in [0.29, 0.717) is 40.4 Å². The highest BCUT2D eigenvalue weighted by Crippen LogP contribution is 2.42. The molecule has 0 aliphatic rings. The Kier molecular flexibility index (Phi) is 8.10. The second-order valence-electron chi connectivity index (χ2n) is 7.88. The van der Waals surface area contributed by atoms with Gasteiger partial charge in [0.25, 0.3) is 10.0 Å². The second-order valence-corrected chi connectivity index (χ2v) is 9.53. The van der Waals surface area contributed by atoms with E-state index in [1.807, 2.05) is 6.07 Å². The molecule has 0 spiro atoms. The molecule has 0 amide bonds. The lowest BCUT2D eigenvalue weighted by atomic mass is 10.2. The van der Waals surface area contributed by atoms with Crippen LogP contribution in [0.1, 0.15) is 12.0 Å². The Hall–Kier alpha value is -4.60. The average Bonchev–Trinajstić information content (AvgIpc) is 2.93. The van der Waals surface area contributed by atoms with E-state index in [1.165, 1.54) is 32.4 Å². The zero-order chi connectivity index (χ0) is 27.1. The number of nitriles is 1. The fourth-order valence-electron chi connectivity index (χ4n) is 3.59. The van der Waals surface area contributed by atoms with Gasteiger partial charge in [0, 0.05) is 25.2 Å². The van der Waals surface area contributed by atoms with Crippen molar-refractivity contribution >= 4 is 38.4 Å². The molecule has 196 valence electrons. The lowest BCUT2D eigenvalue weighted by molar-refractivity contribution is 0.228. The molecule has 0 fully saturated rings. The predicted molar refractivity (Wildman–Crippen MR) is 142 cm³/mol. The minimum atomic E-state index is -4.22. The SMILES string of the molecule is COc1cc(Nc2nc3ccccc3nc2NS(=O)(=O)c2ccccc2C#N)c(OCCCO)c(OC)c1. The van der Waals surface area contributed by atoms with Gasteiger partial charge in [0.2, 0.25) is 0 Å². The molecule has 11 nitrogen and oxygen atoms in total. The van der Waals surface area contributed by atoms with Gasteiger partial charge >= 0.3 is 0 Å². The normalized spacial score (nSPS) is 11.0. The van der Waals surface area contributed by atoms with Crippen molar-refractivity contribution < 1.29 is 27.7 Å². The van der Waals surface area contributed by atoms with Gasteiger partial charge in [-0.2, -0.15) is 5.26 Å². The number of aliphatic hydroxyl groups excluding tert-OH is 1. The van der Waals surface area contributed by atoms with Crippen molar-refractivity contribution in [1.29, 1.82) is 5.26 Å². The van der Waals surface area contributed by atoms with Crippen LogP contribution in [0.5, 0.6) is 17.2 Å². The molecule has 0 aliphatic heterocycles. The lowest BCUT2D eigenvalue weighted by Gasteiger charge is -2.19. The maximum Gasteiger partial charge on any atom is 0.264 e. The molecule has 38 heavy (non-hydrogen) atoms. The summed E-state index contributed by atoms with van der Waals surface area (Å²) < 4.78 is 45.8. The maximum atomic E-state index is 13.3. The third-order valence-electron chi connectivity index (χ3n) is 5.38. The van der Waals surface area contributed by atoms with E-state index in [9.17, 15) is 18.8 Å². The number of aromatic nitrogens is 2. The fraction of sp³-hybridized carbons (Fsp3) is 0.192. The first-order chi connectivity index (χ1) is 18.4. The van der Waals surface area contributed by atoms with Crippen LogP contribution < -0.4 is 24.2 Å². The summed E-state index contributed by atoms with van der Waals surface area (Å²) in [6.07, 6.45) is 0.383. The highest BCUT2D eigenvalue weighted by Gasteiger charge is 2.23. The molecule has 4 rings (SSSR count). The monoisotopic (exact) mass is 535 g/mol. The van der Waals surface area contributed by atoms with Crippen LogP contribution in [0, 0.1) is 11.3 Å². The Bertz CT molecular complexity index is 1600. The van der Waals surface area contributed by atoms with Gasteiger partial charge in [-0.1, -0.05) is 24.3 Å². The summed E-state index contributed by atoms with van der Waals surface area (Å²) in [6, 6.07) is 18.0. The number of hydrogen-bond acceptors (Lipinski definition) is 10. The van der Waals surface area contributed by atoms with E-state index in [-0.39, 0.29) is 35.3 Å². The zero-order valence-electron chi connectivity index (χ0n) is 20.6. The molecule has 0 saturated heterocycles. The molecule has 0 radical (unpaired) electrons. The number of para-hydroxylation sites is 2. The van der Waals surface area contributed by atoms with Gasteiger partial charge in [-0.3, -0.25) is 4.72 Å². The number of anilines is 3. The lowest BCUT2D eigenvalue weighted by Crippen LogP contribution is -2.17. The van der Waals surface area contributed by atoms with Gasteiger partial charge in [0.15, 0.2) is 23.1 Å². The van der Waals surface area contributed by atoms with Crippen molar-refractivity contribution in [2.24, 2.45) is 0 Å². The Morgan fingerprint density at radius 1 is 0.974 bits per heavy atom. The first-order valence-electron chi connectivity index (χ1n) is 11.5. The molecule has 3 aromatic carbocycles. The number of nitrogens with one attached hydrogen (secondary N) is 2. The van der Waals surface area contributed by atoms with Crippen molar-refractivity contribution in [2.75, 3.05) is 37.5 Å². The topological polar surface area (TPSA) is 156 Å². The number of nitrogens with zero attached hydrogens (tertiary/aromatic N) is 3. The minimum Gasteiger partial charge on any atom is -0.497 e. The van der Waals surface area contributed by atoms with E-state index in [2.05, 4.69) is 20.0 Å². The molecule has 0 atom stereocenters. The summed E-state index contributed by atoms with van der Waals surface area (Å²) in [5.41, 5.74) is 1.31. The minimum absolute atomic E-state index is 0.0136. The highest BCUT2D eigenvalue weighted by atomic mass is 32.2. The summed E-state index contributed by atoms with van der Waals surface area (Å²) >= 11 is 0. The smallest absolute Gasteiger partial charge is 0.264 e. The maximum absolute atomic E-state index is 13.3. The standard InChI is InChI=1S/C26H25N5O6S/c1-35-18-14-21(24(22(15-18)36-2)37-13-7-12-32)30-25-26(29-20-10-5-4-9-19(20)28-25)31-38(33,34)23-11-6-3-8-17(23)16-27/h3-6,8-11,14-15,32H,7,12-13H2,1-2H3,(H,28,30)(H,29,31). The Balaban J connectivity index is 1.84. The number of hydrogen-bond donors (Lipinski definition) is 3. The molecule has 0 aliphatic carbocycles. The molecule has 0 saturated carbocycles. The Morgan fingerprint density at radius 2 is 1.66 bits per heavy atom. The number of aliphatic hydroxyl groups is 1. The van der Waals surface area contributed by atoms with Crippen molar-refractivity contribution in [3.05, 3.63) is 66.2 Å². The van der Waals surface area contributed by atoms with Gasteiger partial charge in [-0.05, 0) is 24.3 Å². The van der Waals surface area contributed by atoms with Gasteiger partial charge in [-0.15, -0.1) is 0 Å². The number of ether oxygens (including phenoxy) is 3. The molecular weight excluding hydrogens is 510 g/mol. The van der Waals surface area contributed by atoms with E-state index < -0.39 is 10.0 Å². The first-order valence-corrected chi connectivity index (χ1v) is 12.9. The number of fused-ring (bicyclic) bond motifs is 1. The molecule has 0 bridgehead atoms. The van der Waals surface area contributed by atoms with Gasteiger partial charge in [0.05, 0.1) is 43.1 Å². The van der Waals surface area contributed by atoms with Crippen LogP contribution in [-0.2, 0) is 10.0 Å². The van der Waals surface area contributed by atoms with E-state index >= 15 is 0 Å². The van der Waals surface area contributed by atoms with Crippen LogP contribution in [-0.4, -0.2) is 50.9 Å². The van der Waals surface area contributed by atoms with Crippen molar-refractivity contribution in [3.63, 3.8) is 0 Å². The predicted octanol–water partition coefficient (Wildman–Crippen LogP) is 3.82. The number of rotatable bonds is 11. The van der Waals surface area contributed by atoms with E-state index in [1.54, 1.807) is 42.5 Å². The first kappa shape index (κ1) is 26.5. The third-order valence-corrected chi connectivity index (χ3v) is 6.78. The third kappa shape index (κ3) is 5.69. The summed E-state index contributed by atoms with van der Waals surface area (Å²) in [4.78, 5) is 8.89. The van der Waals surface area contributed by atoms with Crippen molar-refractivity contribution in [2.45, 2.75) is 11.3 Å². The Labute approximate surface area is 219 Å². The van der Waals surface area contributed by atoms with Crippen LogP contribution in [0.4, 0.5) is 17.3 Å². The second kappa shape index (κ2) is 11.6. The molecule has 3 N–H and O–H groups in total. The molecule has 1 aromatic heterocycles. The van der Waals surface area contributed by atoms with Crippen LogP contribution in [0.2, 0.25) is 0 Å². The molecule has 0 unspecified atom stereocenters. The van der Waals surface area contributed by atoms with E-state index in [4.69, 9.17) is 14.2 Å². The van der Waals surface area contributed by atoms with E-state index in [0.717, 1.165) is 0 Å². The highest BCUT2D eigenvalue weighted by molar-refractivity contribution is 7.92. The number of sulfonamides is 1. The summed E-state index contributed by atoms with van der Waals surface area (Å²) in [7, 11) is -1.25. The van der Waals surface area contributed by atoms with Gasteiger partial charge in [-0.25, -0.2) is 18.4 Å². The van der Waals surface area contributed by atoms with Gasteiger partial charge < -0.3 is 24.6 Å². The summed E-state index contributed by atoms with van der Waals surface area (Å²) in [5.74, 6) is 1.07. The van der Waals surface area contributed by atoms with Crippen LogP contribution in [0.3, 0.4) is 0 Å². The average molecular weight is 536 g/mol. The van der Waals surface area contributed by atoms with Crippen molar-refractivity contribution in [3.8, 4) is 23.3 Å². The van der Waals surface area contributed by atoms with Crippen LogP contribution in [0.15, 0.2) is 65.6 Å².